The lowest BCUT2D eigenvalue weighted by atomic mass is 10.0. The molecule has 1 saturated carbocycles. The minimum Gasteiger partial charge on any atom is -0.382 e. The zero-order chi connectivity index (χ0) is 9.68. The van der Waals surface area contributed by atoms with Crippen molar-refractivity contribution in [2.75, 3.05) is 14.2 Å². The van der Waals surface area contributed by atoms with Gasteiger partial charge in [0.25, 0.3) is 0 Å². The van der Waals surface area contributed by atoms with Gasteiger partial charge in [-0.25, -0.2) is 0 Å². The third kappa shape index (κ3) is 4.63. The van der Waals surface area contributed by atoms with Crippen LogP contribution in [-0.2, 0) is 4.74 Å². The van der Waals surface area contributed by atoms with Gasteiger partial charge in [-0.05, 0) is 39.2 Å². The van der Waals surface area contributed by atoms with Gasteiger partial charge in [-0.15, -0.1) is 0 Å². The fourth-order valence-electron chi connectivity index (χ4n) is 1.72. The minimum absolute atomic E-state index is 0.386. The van der Waals surface area contributed by atoms with E-state index in [1.54, 1.807) is 7.11 Å². The van der Waals surface area contributed by atoms with Crippen LogP contribution in [0.15, 0.2) is 0 Å². The molecule has 0 aliphatic heterocycles. The Kier molecular flexibility index (Phi) is 4.74. The summed E-state index contributed by atoms with van der Waals surface area (Å²) in [5.41, 5.74) is 0. The maximum absolute atomic E-state index is 5.26. The molecule has 0 bridgehead atoms. The molecule has 0 radical (unpaired) electrons. The van der Waals surface area contributed by atoms with Gasteiger partial charge >= 0.3 is 0 Å². The summed E-state index contributed by atoms with van der Waals surface area (Å²) in [6, 6.07) is 0.649. The Morgan fingerprint density at radius 1 is 1.46 bits per heavy atom. The van der Waals surface area contributed by atoms with Crippen molar-refractivity contribution in [3.63, 3.8) is 0 Å². The van der Waals surface area contributed by atoms with E-state index in [2.05, 4.69) is 19.3 Å². The second-order valence-electron chi connectivity index (χ2n) is 4.29. The number of methoxy groups -OCH3 is 1. The maximum Gasteiger partial charge on any atom is 0.0558 e. The van der Waals surface area contributed by atoms with Crippen molar-refractivity contribution < 1.29 is 4.74 Å². The Balaban J connectivity index is 2.08. The quantitative estimate of drug-likeness (QED) is 0.656. The molecule has 1 aliphatic rings. The molecule has 0 spiro atoms. The summed E-state index contributed by atoms with van der Waals surface area (Å²) >= 11 is 0. The summed E-state index contributed by atoms with van der Waals surface area (Å²) in [7, 11) is 3.85. The molecule has 13 heavy (non-hydrogen) atoms. The Bertz CT molecular complexity index is 134. The average molecular weight is 185 g/mol. The first-order valence-corrected chi connectivity index (χ1v) is 5.46. The average Bonchev–Trinajstić information content (AvgIpc) is 2.95. The van der Waals surface area contributed by atoms with Crippen LogP contribution in [0.5, 0.6) is 0 Å². The van der Waals surface area contributed by atoms with Gasteiger partial charge in [-0.3, -0.25) is 0 Å². The molecule has 2 atom stereocenters. The SMILES string of the molecule is CNC(CCC1CC1)CC(C)OC. The summed E-state index contributed by atoms with van der Waals surface area (Å²) in [6.07, 6.45) is 7.18. The maximum atomic E-state index is 5.26. The molecule has 1 aliphatic carbocycles. The normalized spacial score (nSPS) is 21.5. The van der Waals surface area contributed by atoms with Gasteiger partial charge in [0.1, 0.15) is 0 Å². The molecular formula is C11H23NO. The van der Waals surface area contributed by atoms with E-state index in [1.165, 1.54) is 25.7 Å². The first-order chi connectivity index (χ1) is 6.26. The second kappa shape index (κ2) is 5.61. The van der Waals surface area contributed by atoms with Crippen LogP contribution in [0.3, 0.4) is 0 Å². The Morgan fingerprint density at radius 3 is 2.62 bits per heavy atom. The highest BCUT2D eigenvalue weighted by atomic mass is 16.5. The van der Waals surface area contributed by atoms with E-state index in [0.29, 0.717) is 12.1 Å². The van der Waals surface area contributed by atoms with Crippen LogP contribution in [0.1, 0.15) is 39.0 Å². The minimum atomic E-state index is 0.386. The van der Waals surface area contributed by atoms with E-state index in [-0.39, 0.29) is 0 Å². The molecule has 0 amide bonds. The monoisotopic (exact) mass is 185 g/mol. The van der Waals surface area contributed by atoms with Crippen LogP contribution in [0.25, 0.3) is 0 Å². The number of hydrogen-bond donors (Lipinski definition) is 1. The van der Waals surface area contributed by atoms with Gasteiger partial charge in [0.15, 0.2) is 0 Å². The zero-order valence-electron chi connectivity index (χ0n) is 9.18. The molecule has 78 valence electrons. The molecule has 1 fully saturated rings. The predicted octanol–water partition coefficient (Wildman–Crippen LogP) is 2.19. The summed E-state index contributed by atoms with van der Waals surface area (Å²) in [6.45, 7) is 2.14. The summed E-state index contributed by atoms with van der Waals surface area (Å²) < 4.78 is 5.26. The molecule has 0 aromatic heterocycles. The molecule has 2 heteroatoms. The lowest BCUT2D eigenvalue weighted by Gasteiger charge is -2.19. The topological polar surface area (TPSA) is 21.3 Å². The second-order valence-corrected chi connectivity index (χ2v) is 4.29. The molecule has 2 unspecified atom stereocenters. The van der Waals surface area contributed by atoms with Crippen molar-refractivity contribution in [2.45, 2.75) is 51.2 Å². The summed E-state index contributed by atoms with van der Waals surface area (Å²) in [5.74, 6) is 1.05. The van der Waals surface area contributed by atoms with E-state index in [1.807, 2.05) is 0 Å². The summed E-state index contributed by atoms with van der Waals surface area (Å²) in [4.78, 5) is 0. The highest BCUT2D eigenvalue weighted by Gasteiger charge is 2.22. The molecular weight excluding hydrogens is 162 g/mol. The van der Waals surface area contributed by atoms with Crippen molar-refractivity contribution in [1.29, 1.82) is 0 Å². The van der Waals surface area contributed by atoms with Crippen molar-refractivity contribution in [2.24, 2.45) is 5.92 Å². The van der Waals surface area contributed by atoms with Crippen LogP contribution in [0.4, 0.5) is 0 Å². The molecule has 1 rings (SSSR count). The highest BCUT2D eigenvalue weighted by molar-refractivity contribution is 4.77. The van der Waals surface area contributed by atoms with Gasteiger partial charge in [0.05, 0.1) is 6.10 Å². The standard InChI is InChI=1S/C11H23NO/c1-9(13-3)8-11(12-2)7-6-10-4-5-10/h9-12H,4-8H2,1-3H3. The van der Waals surface area contributed by atoms with Gasteiger partial charge in [-0.2, -0.15) is 0 Å². The predicted molar refractivity (Wildman–Crippen MR) is 55.9 cm³/mol. The van der Waals surface area contributed by atoms with E-state index in [9.17, 15) is 0 Å². The molecule has 0 aromatic carbocycles. The molecule has 2 nitrogen and oxygen atoms in total. The van der Waals surface area contributed by atoms with Crippen molar-refractivity contribution in [3.05, 3.63) is 0 Å². The fraction of sp³-hybridized carbons (Fsp3) is 1.00. The highest BCUT2D eigenvalue weighted by Crippen LogP contribution is 2.34. The number of nitrogens with one attached hydrogen (secondary N) is 1. The lowest BCUT2D eigenvalue weighted by Crippen LogP contribution is -2.29. The molecule has 1 N–H and O–H groups in total. The lowest BCUT2D eigenvalue weighted by molar-refractivity contribution is 0.0998. The van der Waals surface area contributed by atoms with E-state index in [0.717, 1.165) is 12.3 Å². The first-order valence-electron chi connectivity index (χ1n) is 5.46. The van der Waals surface area contributed by atoms with Crippen LogP contribution >= 0.6 is 0 Å². The third-order valence-electron chi connectivity index (χ3n) is 3.05. The first kappa shape index (κ1) is 11.0. The Morgan fingerprint density at radius 2 is 2.15 bits per heavy atom. The van der Waals surface area contributed by atoms with Crippen molar-refractivity contribution in [3.8, 4) is 0 Å². The van der Waals surface area contributed by atoms with Gasteiger partial charge in [0.2, 0.25) is 0 Å². The van der Waals surface area contributed by atoms with Gasteiger partial charge < -0.3 is 10.1 Å². The van der Waals surface area contributed by atoms with E-state index >= 15 is 0 Å². The largest absolute Gasteiger partial charge is 0.382 e. The Labute approximate surface area is 82.0 Å². The third-order valence-corrected chi connectivity index (χ3v) is 3.05. The van der Waals surface area contributed by atoms with Crippen LogP contribution in [0.2, 0.25) is 0 Å². The molecule has 0 saturated heterocycles. The van der Waals surface area contributed by atoms with Crippen molar-refractivity contribution in [1.82, 2.24) is 5.32 Å². The fourth-order valence-corrected chi connectivity index (χ4v) is 1.72. The smallest absolute Gasteiger partial charge is 0.0558 e. The van der Waals surface area contributed by atoms with Gasteiger partial charge in [0, 0.05) is 13.2 Å². The van der Waals surface area contributed by atoms with Crippen molar-refractivity contribution >= 4 is 0 Å². The summed E-state index contributed by atoms with van der Waals surface area (Å²) in [5, 5.41) is 3.37. The van der Waals surface area contributed by atoms with E-state index < -0.39 is 0 Å². The van der Waals surface area contributed by atoms with Gasteiger partial charge in [-0.1, -0.05) is 12.8 Å². The Hall–Kier alpha value is -0.0800. The number of hydrogen-bond acceptors (Lipinski definition) is 2. The van der Waals surface area contributed by atoms with Crippen LogP contribution < -0.4 is 5.32 Å². The zero-order valence-corrected chi connectivity index (χ0v) is 9.18. The number of rotatable bonds is 7. The molecule has 0 aromatic rings. The molecule has 0 heterocycles. The van der Waals surface area contributed by atoms with E-state index in [4.69, 9.17) is 4.74 Å². The number of ether oxygens (including phenoxy) is 1. The van der Waals surface area contributed by atoms with Crippen LogP contribution in [0, 0.1) is 5.92 Å². The van der Waals surface area contributed by atoms with Crippen LogP contribution in [-0.4, -0.2) is 26.3 Å².